The molecule has 1 aromatic carbocycles. The predicted molar refractivity (Wildman–Crippen MR) is 78.0 cm³/mol. The fourth-order valence-electron chi connectivity index (χ4n) is 2.27. The van der Waals surface area contributed by atoms with Gasteiger partial charge in [0, 0.05) is 32.2 Å². The number of hydrogen-bond acceptors (Lipinski definition) is 3. The number of ether oxygens (including phenoxy) is 1. The van der Waals surface area contributed by atoms with Gasteiger partial charge in [-0.05, 0) is 24.6 Å². The maximum atomic E-state index is 12.0. The summed E-state index contributed by atoms with van der Waals surface area (Å²) in [4.78, 5) is 2.33. The average molecular weight is 325 g/mol. The van der Waals surface area contributed by atoms with Gasteiger partial charge in [-0.2, -0.15) is 13.2 Å². The fourth-order valence-corrected chi connectivity index (χ4v) is 2.27. The molecule has 2 rings (SSSR count). The Bertz CT molecular complexity index is 425. The van der Waals surface area contributed by atoms with Crippen LogP contribution in [0.25, 0.3) is 0 Å². The van der Waals surface area contributed by atoms with Gasteiger partial charge in [0.15, 0.2) is 6.61 Å². The van der Waals surface area contributed by atoms with E-state index in [0.717, 1.165) is 31.7 Å². The van der Waals surface area contributed by atoms with Gasteiger partial charge < -0.3 is 10.1 Å². The molecule has 0 spiro atoms. The van der Waals surface area contributed by atoms with Crippen molar-refractivity contribution in [2.24, 2.45) is 0 Å². The summed E-state index contributed by atoms with van der Waals surface area (Å²) in [5, 5.41) is 3.37. The lowest BCUT2D eigenvalue weighted by Crippen LogP contribution is -2.48. The van der Waals surface area contributed by atoms with Crippen LogP contribution in [0, 0.1) is 0 Å². The quantitative estimate of drug-likeness (QED) is 0.921. The molecule has 1 unspecified atom stereocenters. The number of rotatable bonds is 4. The molecule has 1 atom stereocenters. The monoisotopic (exact) mass is 324 g/mol. The maximum absolute atomic E-state index is 12.0. The second-order valence-electron chi connectivity index (χ2n) is 5.14. The van der Waals surface area contributed by atoms with Crippen LogP contribution in [-0.2, 0) is 6.54 Å². The van der Waals surface area contributed by atoms with Gasteiger partial charge in [-0.25, -0.2) is 0 Å². The third-order valence-electron chi connectivity index (χ3n) is 3.18. The van der Waals surface area contributed by atoms with E-state index >= 15 is 0 Å². The van der Waals surface area contributed by atoms with Crippen molar-refractivity contribution >= 4 is 12.4 Å². The van der Waals surface area contributed by atoms with Gasteiger partial charge in [0.25, 0.3) is 0 Å². The number of alkyl halides is 3. The standard InChI is InChI=1S/C14H19F3N2O.ClH/c1-11-8-19(7-6-18-11)9-12-2-4-13(5-3-12)20-10-14(15,16)17;/h2-5,11,18H,6-10H2,1H3;1H. The molecule has 3 nitrogen and oxygen atoms in total. The van der Waals surface area contributed by atoms with Crippen molar-refractivity contribution in [1.82, 2.24) is 10.2 Å². The molecular formula is C14H20ClF3N2O. The molecule has 0 radical (unpaired) electrons. The van der Waals surface area contributed by atoms with E-state index in [9.17, 15) is 13.2 Å². The number of nitrogens with zero attached hydrogens (tertiary/aromatic N) is 1. The minimum atomic E-state index is -4.30. The Balaban J connectivity index is 0.00000220. The molecule has 0 aromatic heterocycles. The largest absolute Gasteiger partial charge is 0.484 e. The average Bonchev–Trinajstić information content (AvgIpc) is 2.37. The highest BCUT2D eigenvalue weighted by Crippen LogP contribution is 2.19. The molecule has 1 fully saturated rings. The Labute approximate surface area is 128 Å². The van der Waals surface area contributed by atoms with Crippen molar-refractivity contribution in [2.45, 2.75) is 25.7 Å². The van der Waals surface area contributed by atoms with Crippen LogP contribution < -0.4 is 10.1 Å². The molecule has 0 saturated carbocycles. The zero-order chi connectivity index (χ0) is 14.6. The highest BCUT2D eigenvalue weighted by atomic mass is 35.5. The second-order valence-corrected chi connectivity index (χ2v) is 5.14. The molecule has 7 heteroatoms. The molecule has 1 heterocycles. The Morgan fingerprint density at radius 2 is 1.95 bits per heavy atom. The molecule has 21 heavy (non-hydrogen) atoms. The van der Waals surface area contributed by atoms with E-state index in [4.69, 9.17) is 0 Å². The first-order chi connectivity index (χ1) is 9.42. The second kappa shape index (κ2) is 7.87. The van der Waals surface area contributed by atoms with Crippen molar-refractivity contribution < 1.29 is 17.9 Å². The third-order valence-corrected chi connectivity index (χ3v) is 3.18. The van der Waals surface area contributed by atoms with Gasteiger partial charge in [0.05, 0.1) is 0 Å². The molecular weight excluding hydrogens is 305 g/mol. The molecule has 1 aliphatic rings. The molecule has 1 aromatic rings. The lowest BCUT2D eigenvalue weighted by atomic mass is 10.1. The first-order valence-corrected chi connectivity index (χ1v) is 6.66. The molecule has 0 amide bonds. The normalized spacial score (nSPS) is 19.9. The van der Waals surface area contributed by atoms with E-state index in [2.05, 4.69) is 21.9 Å². The topological polar surface area (TPSA) is 24.5 Å². The fraction of sp³-hybridized carbons (Fsp3) is 0.571. The first-order valence-electron chi connectivity index (χ1n) is 6.66. The summed E-state index contributed by atoms with van der Waals surface area (Å²) in [7, 11) is 0. The van der Waals surface area contributed by atoms with Crippen LogP contribution in [-0.4, -0.2) is 43.4 Å². The van der Waals surface area contributed by atoms with Crippen molar-refractivity contribution in [2.75, 3.05) is 26.2 Å². The predicted octanol–water partition coefficient (Wildman–Crippen LogP) is 2.84. The Kier molecular flexibility index (Phi) is 6.77. The van der Waals surface area contributed by atoms with Crippen LogP contribution in [0.5, 0.6) is 5.75 Å². The lowest BCUT2D eigenvalue weighted by Gasteiger charge is -2.31. The van der Waals surface area contributed by atoms with Crippen LogP contribution >= 0.6 is 12.4 Å². The number of benzene rings is 1. The lowest BCUT2D eigenvalue weighted by molar-refractivity contribution is -0.153. The molecule has 1 aliphatic heterocycles. The Morgan fingerprint density at radius 3 is 2.52 bits per heavy atom. The zero-order valence-corrected chi connectivity index (χ0v) is 12.6. The van der Waals surface area contributed by atoms with Gasteiger partial charge in [-0.3, -0.25) is 4.90 Å². The van der Waals surface area contributed by atoms with Crippen LogP contribution in [0.3, 0.4) is 0 Å². The minimum absolute atomic E-state index is 0. The van der Waals surface area contributed by atoms with Crippen LogP contribution in [0.2, 0.25) is 0 Å². The van der Waals surface area contributed by atoms with Crippen molar-refractivity contribution in [1.29, 1.82) is 0 Å². The van der Waals surface area contributed by atoms with E-state index in [1.54, 1.807) is 12.1 Å². The zero-order valence-electron chi connectivity index (χ0n) is 11.8. The summed E-state index contributed by atoms with van der Waals surface area (Å²) in [6, 6.07) is 7.29. The summed E-state index contributed by atoms with van der Waals surface area (Å²) in [6.07, 6.45) is -4.30. The van der Waals surface area contributed by atoms with Gasteiger partial charge in [-0.1, -0.05) is 12.1 Å². The SMILES string of the molecule is CC1CN(Cc2ccc(OCC(F)(F)F)cc2)CCN1.Cl. The number of hydrogen-bond donors (Lipinski definition) is 1. The van der Waals surface area contributed by atoms with E-state index in [0.29, 0.717) is 6.04 Å². The maximum Gasteiger partial charge on any atom is 0.422 e. The summed E-state index contributed by atoms with van der Waals surface area (Å²) in [5.41, 5.74) is 1.08. The third kappa shape index (κ3) is 6.54. The van der Waals surface area contributed by atoms with E-state index in [-0.39, 0.29) is 18.2 Å². The smallest absolute Gasteiger partial charge is 0.422 e. The minimum Gasteiger partial charge on any atom is -0.484 e. The summed E-state index contributed by atoms with van der Waals surface area (Å²) in [5.74, 6) is 0.250. The molecule has 0 bridgehead atoms. The number of nitrogens with one attached hydrogen (secondary N) is 1. The number of piperazine rings is 1. The van der Waals surface area contributed by atoms with Crippen molar-refractivity contribution in [3.05, 3.63) is 29.8 Å². The highest BCUT2D eigenvalue weighted by molar-refractivity contribution is 5.85. The number of halogens is 4. The summed E-state index contributed by atoms with van der Waals surface area (Å²) in [6.45, 7) is 4.63. The van der Waals surface area contributed by atoms with Gasteiger partial charge in [-0.15, -0.1) is 12.4 Å². The molecule has 120 valence electrons. The molecule has 0 aliphatic carbocycles. The van der Waals surface area contributed by atoms with Crippen LogP contribution in [0.4, 0.5) is 13.2 Å². The van der Waals surface area contributed by atoms with Crippen molar-refractivity contribution in [3.63, 3.8) is 0 Å². The van der Waals surface area contributed by atoms with Gasteiger partial charge in [0.1, 0.15) is 5.75 Å². The summed E-state index contributed by atoms with van der Waals surface area (Å²) >= 11 is 0. The first kappa shape index (κ1) is 18.1. The molecule has 1 saturated heterocycles. The van der Waals surface area contributed by atoms with Crippen LogP contribution in [0.1, 0.15) is 12.5 Å². The summed E-state index contributed by atoms with van der Waals surface area (Å²) < 4.78 is 40.8. The van der Waals surface area contributed by atoms with Gasteiger partial charge in [0.2, 0.25) is 0 Å². The van der Waals surface area contributed by atoms with Crippen molar-refractivity contribution in [3.8, 4) is 5.75 Å². The highest BCUT2D eigenvalue weighted by Gasteiger charge is 2.28. The van der Waals surface area contributed by atoms with E-state index in [1.807, 2.05) is 12.1 Å². The van der Waals surface area contributed by atoms with E-state index < -0.39 is 12.8 Å². The van der Waals surface area contributed by atoms with Gasteiger partial charge >= 0.3 is 6.18 Å². The Hall–Kier alpha value is -0.980. The Morgan fingerprint density at radius 1 is 1.29 bits per heavy atom. The molecule has 1 N–H and O–H groups in total. The van der Waals surface area contributed by atoms with Crippen LogP contribution in [0.15, 0.2) is 24.3 Å². The van der Waals surface area contributed by atoms with E-state index in [1.165, 1.54) is 0 Å².